The number of rotatable bonds is 5. The molecule has 1 aromatic carbocycles. The van der Waals surface area contributed by atoms with E-state index in [0.717, 1.165) is 30.0 Å². The predicted octanol–water partition coefficient (Wildman–Crippen LogP) is 3.07. The van der Waals surface area contributed by atoms with Gasteiger partial charge < -0.3 is 14.8 Å². The molecule has 1 N–H and O–H groups in total. The van der Waals surface area contributed by atoms with Gasteiger partial charge in [-0.05, 0) is 37.6 Å². The van der Waals surface area contributed by atoms with Gasteiger partial charge in [0, 0.05) is 0 Å². The van der Waals surface area contributed by atoms with Crippen LogP contribution < -0.4 is 14.8 Å². The summed E-state index contributed by atoms with van der Waals surface area (Å²) in [4.78, 5) is 0. The molecule has 18 heavy (non-hydrogen) atoms. The zero-order chi connectivity index (χ0) is 13.0. The van der Waals surface area contributed by atoms with Crippen molar-refractivity contribution in [1.29, 1.82) is 0 Å². The molecule has 0 saturated heterocycles. The Morgan fingerprint density at radius 1 is 1.33 bits per heavy atom. The lowest BCUT2D eigenvalue weighted by Crippen LogP contribution is -2.23. The van der Waals surface area contributed by atoms with Crippen LogP contribution in [0.5, 0.6) is 11.5 Å². The summed E-state index contributed by atoms with van der Waals surface area (Å²) in [7, 11) is 0. The van der Waals surface area contributed by atoms with Crippen molar-refractivity contribution < 1.29 is 9.47 Å². The normalized spacial score (nSPS) is 15.2. The third kappa shape index (κ3) is 2.85. The molecule has 1 aromatic rings. The Morgan fingerprint density at radius 2 is 2.06 bits per heavy atom. The Bertz CT molecular complexity index is 429. The van der Waals surface area contributed by atoms with Crippen LogP contribution in [-0.2, 0) is 0 Å². The summed E-state index contributed by atoms with van der Waals surface area (Å²) in [6.07, 6.45) is 1.11. The lowest BCUT2D eigenvalue weighted by atomic mass is 10.00. The zero-order valence-electron chi connectivity index (χ0n) is 11.2. The Morgan fingerprint density at radius 3 is 2.72 bits per heavy atom. The first-order valence-corrected chi connectivity index (χ1v) is 6.50. The van der Waals surface area contributed by atoms with Crippen LogP contribution in [0.15, 0.2) is 30.4 Å². The highest BCUT2D eigenvalue weighted by molar-refractivity contribution is 5.45. The second-order valence-corrected chi connectivity index (χ2v) is 4.64. The minimum atomic E-state index is 0.181. The minimum absolute atomic E-state index is 0.181. The van der Waals surface area contributed by atoms with Gasteiger partial charge in [0.2, 0.25) is 0 Å². The van der Waals surface area contributed by atoms with E-state index in [1.807, 2.05) is 13.0 Å². The summed E-state index contributed by atoms with van der Waals surface area (Å²) >= 11 is 0. The largest absolute Gasteiger partial charge is 0.486 e. The highest BCUT2D eigenvalue weighted by Gasteiger charge is 2.16. The van der Waals surface area contributed by atoms with Gasteiger partial charge in [-0.2, -0.15) is 0 Å². The molecule has 1 unspecified atom stereocenters. The van der Waals surface area contributed by atoms with E-state index in [1.54, 1.807) is 0 Å². The number of nitrogens with one attached hydrogen (secondary N) is 1. The molecule has 1 aliphatic heterocycles. The molecular formula is C15H21NO2. The van der Waals surface area contributed by atoms with Crippen molar-refractivity contribution in [2.45, 2.75) is 26.3 Å². The number of fused-ring (bicyclic) bond motifs is 1. The number of ether oxygens (including phenoxy) is 2. The first-order valence-electron chi connectivity index (χ1n) is 6.50. The Labute approximate surface area is 109 Å². The molecule has 0 saturated carbocycles. The molecule has 3 nitrogen and oxygen atoms in total. The van der Waals surface area contributed by atoms with Crippen LogP contribution in [0, 0.1) is 0 Å². The fourth-order valence-corrected chi connectivity index (χ4v) is 2.10. The van der Waals surface area contributed by atoms with Crippen LogP contribution in [0.4, 0.5) is 0 Å². The summed E-state index contributed by atoms with van der Waals surface area (Å²) < 4.78 is 11.1. The maximum atomic E-state index is 5.62. The first-order chi connectivity index (χ1) is 8.72. The van der Waals surface area contributed by atoms with Crippen LogP contribution in [0.3, 0.4) is 0 Å². The average Bonchev–Trinajstić information content (AvgIpc) is 2.38. The molecule has 0 spiro atoms. The van der Waals surface area contributed by atoms with Crippen molar-refractivity contribution in [2.24, 2.45) is 0 Å². The second kappa shape index (κ2) is 5.91. The monoisotopic (exact) mass is 247 g/mol. The van der Waals surface area contributed by atoms with Crippen LogP contribution >= 0.6 is 0 Å². The van der Waals surface area contributed by atoms with E-state index in [9.17, 15) is 0 Å². The van der Waals surface area contributed by atoms with Crippen molar-refractivity contribution in [1.82, 2.24) is 5.32 Å². The molecule has 1 aliphatic rings. The molecule has 0 bridgehead atoms. The van der Waals surface area contributed by atoms with Crippen LogP contribution in [0.25, 0.3) is 0 Å². The van der Waals surface area contributed by atoms with Gasteiger partial charge in [-0.3, -0.25) is 0 Å². The number of hydrogen-bond acceptors (Lipinski definition) is 3. The van der Waals surface area contributed by atoms with Gasteiger partial charge in [-0.25, -0.2) is 0 Å². The molecular weight excluding hydrogens is 226 g/mol. The van der Waals surface area contributed by atoms with Crippen LogP contribution in [-0.4, -0.2) is 19.8 Å². The molecule has 1 atom stereocenters. The summed E-state index contributed by atoms with van der Waals surface area (Å²) in [5.41, 5.74) is 2.29. The first kappa shape index (κ1) is 13.0. The lowest BCUT2D eigenvalue weighted by Gasteiger charge is -2.23. The van der Waals surface area contributed by atoms with E-state index in [-0.39, 0.29) is 6.04 Å². The van der Waals surface area contributed by atoms with Crippen molar-refractivity contribution >= 4 is 0 Å². The molecule has 0 amide bonds. The number of hydrogen-bond donors (Lipinski definition) is 1. The van der Waals surface area contributed by atoms with Crippen molar-refractivity contribution in [3.63, 3.8) is 0 Å². The van der Waals surface area contributed by atoms with Crippen LogP contribution in [0.1, 0.15) is 31.9 Å². The fourth-order valence-electron chi connectivity index (χ4n) is 2.10. The topological polar surface area (TPSA) is 30.5 Å². The van der Waals surface area contributed by atoms with Crippen LogP contribution in [0.2, 0.25) is 0 Å². The molecule has 3 heteroatoms. The van der Waals surface area contributed by atoms with E-state index in [4.69, 9.17) is 9.47 Å². The molecule has 2 rings (SSSR count). The van der Waals surface area contributed by atoms with Gasteiger partial charge in [0.15, 0.2) is 11.5 Å². The molecule has 0 radical (unpaired) electrons. The zero-order valence-corrected chi connectivity index (χ0v) is 11.2. The maximum absolute atomic E-state index is 5.62. The van der Waals surface area contributed by atoms with Gasteiger partial charge >= 0.3 is 0 Å². The fraction of sp³-hybridized carbons (Fsp3) is 0.467. The summed E-state index contributed by atoms with van der Waals surface area (Å²) in [5.74, 6) is 1.67. The van der Waals surface area contributed by atoms with E-state index in [1.165, 1.54) is 5.56 Å². The smallest absolute Gasteiger partial charge is 0.161 e. The Balaban J connectivity index is 2.22. The third-order valence-corrected chi connectivity index (χ3v) is 2.99. The summed E-state index contributed by atoms with van der Waals surface area (Å²) in [6, 6.07) is 6.29. The van der Waals surface area contributed by atoms with E-state index in [2.05, 4.69) is 31.0 Å². The molecule has 1 heterocycles. The van der Waals surface area contributed by atoms with Gasteiger partial charge in [-0.1, -0.05) is 25.1 Å². The quantitative estimate of drug-likeness (QED) is 0.811. The molecule has 0 aliphatic carbocycles. The van der Waals surface area contributed by atoms with Gasteiger partial charge in [-0.15, -0.1) is 0 Å². The predicted molar refractivity (Wildman–Crippen MR) is 73.3 cm³/mol. The van der Waals surface area contributed by atoms with E-state index in [0.29, 0.717) is 13.2 Å². The van der Waals surface area contributed by atoms with Crippen molar-refractivity contribution in [3.8, 4) is 11.5 Å². The molecule has 98 valence electrons. The Kier molecular flexibility index (Phi) is 4.26. The summed E-state index contributed by atoms with van der Waals surface area (Å²) in [6.45, 7) is 10.5. The molecule has 0 fully saturated rings. The van der Waals surface area contributed by atoms with E-state index >= 15 is 0 Å². The minimum Gasteiger partial charge on any atom is -0.486 e. The van der Waals surface area contributed by atoms with Crippen molar-refractivity contribution in [3.05, 3.63) is 35.9 Å². The SMILES string of the molecule is C=C(C)C(NCCC)c1ccc2c(c1)OCCO2. The van der Waals surface area contributed by atoms with Gasteiger partial charge in [0.25, 0.3) is 0 Å². The second-order valence-electron chi connectivity index (χ2n) is 4.64. The van der Waals surface area contributed by atoms with Crippen molar-refractivity contribution in [2.75, 3.05) is 19.8 Å². The molecule has 0 aromatic heterocycles. The standard InChI is InChI=1S/C15H21NO2/c1-4-7-16-15(11(2)3)12-5-6-13-14(10-12)18-9-8-17-13/h5-6,10,15-16H,2,4,7-9H2,1,3H3. The third-order valence-electron chi connectivity index (χ3n) is 2.99. The summed E-state index contributed by atoms with van der Waals surface area (Å²) in [5, 5.41) is 3.50. The average molecular weight is 247 g/mol. The highest BCUT2D eigenvalue weighted by atomic mass is 16.6. The van der Waals surface area contributed by atoms with Gasteiger partial charge in [0.05, 0.1) is 6.04 Å². The number of benzene rings is 1. The van der Waals surface area contributed by atoms with Gasteiger partial charge in [0.1, 0.15) is 13.2 Å². The lowest BCUT2D eigenvalue weighted by molar-refractivity contribution is 0.171. The highest BCUT2D eigenvalue weighted by Crippen LogP contribution is 2.33. The van der Waals surface area contributed by atoms with E-state index < -0.39 is 0 Å². The maximum Gasteiger partial charge on any atom is 0.161 e. The Hall–Kier alpha value is -1.48.